The summed E-state index contributed by atoms with van der Waals surface area (Å²) in [5.74, 6) is -0.336. The first-order valence-corrected chi connectivity index (χ1v) is 11.7. The lowest BCUT2D eigenvalue weighted by Gasteiger charge is -2.22. The van der Waals surface area contributed by atoms with E-state index >= 15 is 0 Å². The number of nitrogens with zero attached hydrogens (tertiary/aromatic N) is 3. The van der Waals surface area contributed by atoms with Gasteiger partial charge in [0.2, 0.25) is 5.91 Å². The molecule has 0 bridgehead atoms. The Bertz CT molecular complexity index is 993. The number of carbonyl (C=O) groups excluding carboxylic acids is 3. The second-order valence-corrected chi connectivity index (χ2v) is 9.15. The number of urea groups is 1. The predicted octanol–water partition coefficient (Wildman–Crippen LogP) is 3.79. The van der Waals surface area contributed by atoms with Gasteiger partial charge in [-0.2, -0.15) is 5.10 Å². The number of rotatable bonds is 10. The monoisotopic (exact) mass is 471 g/mol. The van der Waals surface area contributed by atoms with Gasteiger partial charge >= 0.3 is 12.0 Å². The third-order valence-corrected chi connectivity index (χ3v) is 5.18. The van der Waals surface area contributed by atoms with Crippen LogP contribution in [-0.2, 0) is 19.7 Å². The van der Waals surface area contributed by atoms with E-state index < -0.39 is 12.0 Å². The Morgan fingerprint density at radius 3 is 2.47 bits per heavy atom. The summed E-state index contributed by atoms with van der Waals surface area (Å²) in [6.07, 6.45) is 1.59. The summed E-state index contributed by atoms with van der Waals surface area (Å²) in [5, 5.41) is 10.2. The second-order valence-electron chi connectivity index (χ2n) is 9.15. The van der Waals surface area contributed by atoms with E-state index in [1.807, 2.05) is 44.2 Å². The average molecular weight is 472 g/mol. The Hall–Kier alpha value is -3.36. The van der Waals surface area contributed by atoms with Crippen LogP contribution in [0.5, 0.6) is 0 Å². The summed E-state index contributed by atoms with van der Waals surface area (Å²) < 4.78 is 6.57. The number of aromatic nitrogens is 2. The van der Waals surface area contributed by atoms with Gasteiger partial charge in [0, 0.05) is 18.0 Å². The molecule has 186 valence electrons. The van der Waals surface area contributed by atoms with Crippen molar-refractivity contribution >= 4 is 23.7 Å². The highest BCUT2D eigenvalue weighted by Crippen LogP contribution is 2.27. The van der Waals surface area contributed by atoms with Gasteiger partial charge in [-0.3, -0.25) is 9.59 Å². The van der Waals surface area contributed by atoms with Crippen molar-refractivity contribution in [1.29, 1.82) is 0 Å². The fourth-order valence-electron chi connectivity index (χ4n) is 3.25. The van der Waals surface area contributed by atoms with Gasteiger partial charge in [0.1, 0.15) is 18.9 Å². The Labute approximate surface area is 201 Å². The molecule has 0 radical (unpaired) electrons. The molecular weight excluding hydrogens is 434 g/mol. The fourth-order valence-corrected chi connectivity index (χ4v) is 3.25. The Morgan fingerprint density at radius 2 is 1.85 bits per heavy atom. The molecule has 0 saturated carbocycles. The molecule has 1 aromatic carbocycles. The van der Waals surface area contributed by atoms with E-state index in [0.717, 1.165) is 29.8 Å². The van der Waals surface area contributed by atoms with Crippen LogP contribution in [-0.4, -0.2) is 58.8 Å². The van der Waals surface area contributed by atoms with Crippen LogP contribution in [0, 0.1) is 6.92 Å². The number of nitrogens with one attached hydrogen (secondary N) is 2. The quantitative estimate of drug-likeness (QED) is 0.513. The maximum atomic E-state index is 13.0. The highest BCUT2D eigenvalue weighted by Gasteiger charge is 2.23. The zero-order valence-corrected chi connectivity index (χ0v) is 21.1. The fraction of sp³-hybridized carbons (Fsp3) is 0.520. The van der Waals surface area contributed by atoms with Crippen LogP contribution in [0.15, 0.2) is 30.3 Å². The molecule has 9 nitrogen and oxygen atoms in total. The third kappa shape index (κ3) is 7.60. The lowest BCUT2D eigenvalue weighted by molar-refractivity contribution is -0.141. The summed E-state index contributed by atoms with van der Waals surface area (Å²) in [7, 11) is 0. The first-order chi connectivity index (χ1) is 16.1. The largest absolute Gasteiger partial charge is 0.465 e. The van der Waals surface area contributed by atoms with E-state index in [-0.39, 0.29) is 31.0 Å². The van der Waals surface area contributed by atoms with Gasteiger partial charge in [0.15, 0.2) is 0 Å². The number of hydrogen-bond acceptors (Lipinski definition) is 5. The summed E-state index contributed by atoms with van der Waals surface area (Å²) in [6, 6.07) is 9.18. The lowest BCUT2D eigenvalue weighted by Crippen LogP contribution is -2.46. The molecule has 3 amide bonds. The minimum absolute atomic E-state index is 0.154. The number of para-hydroxylation sites is 1. The van der Waals surface area contributed by atoms with Crippen molar-refractivity contribution in [2.75, 3.05) is 31.6 Å². The number of benzene rings is 1. The van der Waals surface area contributed by atoms with Crippen molar-refractivity contribution in [2.24, 2.45) is 0 Å². The van der Waals surface area contributed by atoms with E-state index in [0.29, 0.717) is 12.4 Å². The first-order valence-electron chi connectivity index (χ1n) is 11.7. The molecular formula is C25H37N5O4. The summed E-state index contributed by atoms with van der Waals surface area (Å²) >= 11 is 0. The number of carbonyl (C=O) groups is 3. The van der Waals surface area contributed by atoms with Gasteiger partial charge in [-0.1, -0.05) is 52.3 Å². The zero-order valence-electron chi connectivity index (χ0n) is 21.1. The van der Waals surface area contributed by atoms with E-state index in [1.165, 1.54) is 4.90 Å². The summed E-state index contributed by atoms with van der Waals surface area (Å²) in [6.45, 7) is 12.1. The molecule has 34 heavy (non-hydrogen) atoms. The SMILES string of the molecule is CCCCN(CC(=O)Nc1cc(C(C)(C)C)nn1-c1ccccc1C)C(=O)NCC(=O)OCC. The molecule has 2 aromatic rings. The molecule has 0 fully saturated rings. The molecule has 1 aromatic heterocycles. The Balaban J connectivity index is 2.21. The topological polar surface area (TPSA) is 106 Å². The van der Waals surface area contributed by atoms with Crippen LogP contribution in [0.4, 0.5) is 10.6 Å². The molecule has 2 rings (SSSR count). The van der Waals surface area contributed by atoms with Crippen molar-refractivity contribution < 1.29 is 19.1 Å². The molecule has 0 aliphatic carbocycles. The van der Waals surface area contributed by atoms with Gasteiger partial charge in [-0.05, 0) is 31.9 Å². The number of esters is 1. The Morgan fingerprint density at radius 1 is 1.15 bits per heavy atom. The molecule has 0 saturated heterocycles. The van der Waals surface area contributed by atoms with Crippen LogP contribution >= 0.6 is 0 Å². The molecule has 0 aliphatic rings. The highest BCUT2D eigenvalue weighted by atomic mass is 16.5. The van der Waals surface area contributed by atoms with Crippen molar-refractivity contribution in [3.63, 3.8) is 0 Å². The predicted molar refractivity (Wildman–Crippen MR) is 132 cm³/mol. The van der Waals surface area contributed by atoms with Crippen LogP contribution < -0.4 is 10.6 Å². The normalized spacial score (nSPS) is 11.1. The average Bonchev–Trinajstić information content (AvgIpc) is 3.19. The summed E-state index contributed by atoms with van der Waals surface area (Å²) in [4.78, 5) is 38.6. The van der Waals surface area contributed by atoms with E-state index in [1.54, 1.807) is 11.6 Å². The molecule has 0 unspecified atom stereocenters. The maximum absolute atomic E-state index is 13.0. The van der Waals surface area contributed by atoms with Crippen molar-refractivity contribution in [1.82, 2.24) is 20.0 Å². The lowest BCUT2D eigenvalue weighted by atomic mass is 9.92. The highest BCUT2D eigenvalue weighted by molar-refractivity contribution is 5.94. The number of unbranched alkanes of at least 4 members (excludes halogenated alkanes) is 1. The molecule has 0 atom stereocenters. The number of aryl methyl sites for hydroxylation is 1. The molecule has 1 heterocycles. The van der Waals surface area contributed by atoms with Crippen LogP contribution in [0.1, 0.15) is 58.7 Å². The van der Waals surface area contributed by atoms with Gasteiger partial charge in [-0.25, -0.2) is 9.48 Å². The van der Waals surface area contributed by atoms with E-state index in [2.05, 4.69) is 31.4 Å². The molecule has 0 spiro atoms. The Kier molecular flexibility index (Phi) is 9.65. The van der Waals surface area contributed by atoms with Crippen LogP contribution in [0.3, 0.4) is 0 Å². The third-order valence-electron chi connectivity index (χ3n) is 5.18. The van der Waals surface area contributed by atoms with Crippen molar-refractivity contribution in [2.45, 2.75) is 59.8 Å². The maximum Gasteiger partial charge on any atom is 0.325 e. The van der Waals surface area contributed by atoms with E-state index in [4.69, 9.17) is 9.84 Å². The number of ether oxygens (including phenoxy) is 1. The van der Waals surface area contributed by atoms with Gasteiger partial charge in [0.05, 0.1) is 18.0 Å². The van der Waals surface area contributed by atoms with E-state index in [9.17, 15) is 14.4 Å². The van der Waals surface area contributed by atoms with Gasteiger partial charge in [0.25, 0.3) is 0 Å². The zero-order chi connectivity index (χ0) is 25.3. The standard InChI is InChI=1S/C25H37N5O4/c1-7-9-14-29(24(33)26-16-23(32)34-8-2)17-22(31)27-21-15-20(25(4,5)6)28-30(21)19-13-11-10-12-18(19)3/h10-13,15H,7-9,14,16-17H2,1-6H3,(H,26,33)(H,27,31). The van der Waals surface area contributed by atoms with Crippen LogP contribution in [0.25, 0.3) is 5.69 Å². The second kappa shape index (κ2) is 12.2. The number of anilines is 1. The van der Waals surface area contributed by atoms with Crippen LogP contribution in [0.2, 0.25) is 0 Å². The minimum Gasteiger partial charge on any atom is -0.465 e. The van der Waals surface area contributed by atoms with Crippen molar-refractivity contribution in [3.05, 3.63) is 41.6 Å². The number of amides is 3. The molecule has 9 heteroatoms. The summed E-state index contributed by atoms with van der Waals surface area (Å²) in [5.41, 5.74) is 2.50. The van der Waals surface area contributed by atoms with Gasteiger partial charge < -0.3 is 20.3 Å². The van der Waals surface area contributed by atoms with Gasteiger partial charge in [-0.15, -0.1) is 0 Å². The first kappa shape index (κ1) is 26.9. The smallest absolute Gasteiger partial charge is 0.325 e. The molecule has 2 N–H and O–H groups in total. The van der Waals surface area contributed by atoms with Crippen molar-refractivity contribution in [3.8, 4) is 5.69 Å². The minimum atomic E-state index is -0.521. The number of hydrogen-bond donors (Lipinski definition) is 2. The molecule has 0 aliphatic heterocycles.